The molecule has 3 nitrogen and oxygen atoms in total. The van der Waals surface area contributed by atoms with E-state index in [-0.39, 0.29) is 18.3 Å². The third-order valence-electron chi connectivity index (χ3n) is 4.13. The van der Waals surface area contributed by atoms with Gasteiger partial charge < -0.3 is 9.31 Å². The molecular formula is C16H20BNO2S. The molecule has 1 aliphatic heterocycles. The summed E-state index contributed by atoms with van der Waals surface area (Å²) in [5, 5.41) is 8.83. The van der Waals surface area contributed by atoms with Crippen molar-refractivity contribution in [2.75, 3.05) is 5.75 Å². The molecule has 1 fully saturated rings. The van der Waals surface area contributed by atoms with E-state index in [1.807, 2.05) is 45.9 Å². The second kappa shape index (κ2) is 5.88. The molecule has 0 N–H and O–H groups in total. The van der Waals surface area contributed by atoms with Crippen LogP contribution in [0.5, 0.6) is 0 Å². The molecule has 0 amide bonds. The Hall–Kier alpha value is -1.22. The predicted octanol–water partition coefficient (Wildman–Crippen LogP) is 3.50. The number of rotatable bonds is 3. The molecule has 0 bridgehead atoms. The first-order valence-corrected chi connectivity index (χ1v) is 7.59. The predicted molar refractivity (Wildman–Crippen MR) is 89.1 cm³/mol. The maximum Gasteiger partial charge on any atom is 0.491 e. The lowest BCUT2D eigenvalue weighted by molar-refractivity contribution is 0.00578. The van der Waals surface area contributed by atoms with Crippen molar-refractivity contribution >= 4 is 25.8 Å². The Morgan fingerprint density at radius 2 is 1.71 bits per heavy atom. The molecule has 110 valence electrons. The average Bonchev–Trinajstić information content (AvgIpc) is 2.65. The molecule has 0 aromatic heterocycles. The normalized spacial score (nSPS) is 20.4. The van der Waals surface area contributed by atoms with Crippen molar-refractivity contribution in [2.24, 2.45) is 0 Å². The minimum atomic E-state index is -0.386. The first kappa shape index (κ1) is 16.2. The second-order valence-electron chi connectivity index (χ2n) is 6.20. The van der Waals surface area contributed by atoms with Gasteiger partial charge in [-0.1, -0.05) is 18.2 Å². The highest BCUT2D eigenvalue weighted by molar-refractivity contribution is 7.80. The van der Waals surface area contributed by atoms with Crippen LogP contribution in [0.4, 0.5) is 0 Å². The highest BCUT2D eigenvalue weighted by Crippen LogP contribution is 2.38. The van der Waals surface area contributed by atoms with Gasteiger partial charge in [-0.3, -0.25) is 0 Å². The molecule has 1 aromatic carbocycles. The van der Waals surface area contributed by atoms with E-state index in [4.69, 9.17) is 14.6 Å². The van der Waals surface area contributed by atoms with Crippen LogP contribution in [0, 0.1) is 11.3 Å². The Balaban J connectivity index is 2.24. The molecule has 5 heteroatoms. The summed E-state index contributed by atoms with van der Waals surface area (Å²) in [6.45, 7) is 8.13. The summed E-state index contributed by atoms with van der Waals surface area (Å²) < 4.78 is 12.1. The van der Waals surface area contributed by atoms with E-state index in [2.05, 4.69) is 18.7 Å². The van der Waals surface area contributed by atoms with Gasteiger partial charge >= 0.3 is 7.12 Å². The number of hydrogen-bond donors (Lipinski definition) is 1. The van der Waals surface area contributed by atoms with E-state index < -0.39 is 0 Å². The van der Waals surface area contributed by atoms with Gasteiger partial charge in [0.25, 0.3) is 0 Å². The highest BCUT2D eigenvalue weighted by Gasteiger charge is 2.52. The van der Waals surface area contributed by atoms with Gasteiger partial charge in [0.2, 0.25) is 0 Å². The quantitative estimate of drug-likeness (QED) is 0.686. The van der Waals surface area contributed by atoms with Crippen molar-refractivity contribution in [3.8, 4) is 6.07 Å². The van der Waals surface area contributed by atoms with Crippen molar-refractivity contribution in [2.45, 2.75) is 38.9 Å². The summed E-state index contributed by atoms with van der Waals surface area (Å²) in [5.74, 6) is 0.552. The largest absolute Gasteiger partial charge is 0.491 e. The first-order chi connectivity index (χ1) is 9.79. The van der Waals surface area contributed by atoms with Crippen LogP contribution < -0.4 is 0 Å². The monoisotopic (exact) mass is 301 g/mol. The fourth-order valence-corrected chi connectivity index (χ4v) is 2.29. The van der Waals surface area contributed by atoms with Crippen molar-refractivity contribution < 1.29 is 9.31 Å². The van der Waals surface area contributed by atoms with Crippen molar-refractivity contribution in [3.63, 3.8) is 0 Å². The summed E-state index contributed by atoms with van der Waals surface area (Å²) in [5.41, 5.74) is 1.92. The molecular weight excluding hydrogens is 281 g/mol. The van der Waals surface area contributed by atoms with Crippen LogP contribution in [0.1, 0.15) is 38.8 Å². The van der Waals surface area contributed by atoms with E-state index in [0.717, 1.165) is 11.0 Å². The van der Waals surface area contributed by atoms with Crippen LogP contribution >= 0.6 is 12.6 Å². The maximum absolute atomic E-state index is 8.83. The van der Waals surface area contributed by atoms with Crippen molar-refractivity contribution in [1.29, 1.82) is 5.26 Å². The molecule has 1 heterocycles. The second-order valence-corrected chi connectivity index (χ2v) is 6.52. The summed E-state index contributed by atoms with van der Waals surface area (Å²) in [7, 11) is -0.386. The Kier molecular flexibility index (Phi) is 4.53. The van der Waals surface area contributed by atoms with Crippen molar-refractivity contribution in [1.82, 2.24) is 0 Å². The minimum absolute atomic E-state index is 0.357. The zero-order chi connectivity index (χ0) is 15.7. The average molecular weight is 301 g/mol. The lowest BCUT2D eigenvalue weighted by atomic mass is 9.78. The Bertz CT molecular complexity index is 571. The molecule has 21 heavy (non-hydrogen) atoms. The zero-order valence-corrected chi connectivity index (χ0v) is 13.8. The van der Waals surface area contributed by atoms with Crippen LogP contribution in [0.15, 0.2) is 29.7 Å². The van der Waals surface area contributed by atoms with E-state index in [9.17, 15) is 0 Å². The molecule has 0 saturated carbocycles. The maximum atomic E-state index is 8.83. The highest BCUT2D eigenvalue weighted by atomic mass is 32.1. The fraction of sp³-hybridized carbons (Fsp3) is 0.438. The molecule has 0 aliphatic carbocycles. The van der Waals surface area contributed by atoms with Crippen LogP contribution in [0.3, 0.4) is 0 Å². The van der Waals surface area contributed by atoms with Gasteiger partial charge in [0.1, 0.15) is 0 Å². The fourth-order valence-electron chi connectivity index (χ4n) is 2.05. The van der Waals surface area contributed by atoms with Gasteiger partial charge in [-0.2, -0.15) is 17.9 Å². The van der Waals surface area contributed by atoms with Crippen LogP contribution in [-0.4, -0.2) is 24.1 Å². The first-order valence-electron chi connectivity index (χ1n) is 6.96. The molecule has 0 atom stereocenters. The van der Waals surface area contributed by atoms with Gasteiger partial charge in [0.15, 0.2) is 0 Å². The summed E-state index contributed by atoms with van der Waals surface area (Å²) in [4.78, 5) is 0. The Morgan fingerprint density at radius 3 is 2.14 bits per heavy atom. The van der Waals surface area contributed by atoms with E-state index >= 15 is 0 Å². The third-order valence-corrected chi connectivity index (χ3v) is 4.50. The molecule has 0 radical (unpaired) electrons. The smallest absolute Gasteiger partial charge is 0.400 e. The number of nitriles is 1. The Morgan fingerprint density at radius 1 is 1.19 bits per heavy atom. The molecule has 2 rings (SSSR count). The number of hydrogen-bond acceptors (Lipinski definition) is 4. The summed E-state index contributed by atoms with van der Waals surface area (Å²) in [6, 6.07) is 9.53. The number of nitrogens with zero attached hydrogens (tertiary/aromatic N) is 1. The van der Waals surface area contributed by atoms with Crippen molar-refractivity contribution in [3.05, 3.63) is 40.9 Å². The van der Waals surface area contributed by atoms with Gasteiger partial charge in [-0.05, 0) is 50.9 Å². The number of benzene rings is 1. The van der Waals surface area contributed by atoms with Gasteiger partial charge in [-0.25, -0.2) is 0 Å². The molecule has 1 saturated heterocycles. The van der Waals surface area contributed by atoms with Gasteiger partial charge in [0.05, 0.1) is 22.8 Å². The number of thiol groups is 1. The minimum Gasteiger partial charge on any atom is -0.400 e. The summed E-state index contributed by atoms with van der Waals surface area (Å²) >= 11 is 4.39. The van der Waals surface area contributed by atoms with Crippen LogP contribution in [-0.2, 0) is 9.31 Å². The molecule has 1 aliphatic rings. The SMILES string of the molecule is CC1(C)OB(C(=Cc2ccc(C#N)cc2)CS)OC1(C)C. The molecule has 0 spiro atoms. The zero-order valence-electron chi connectivity index (χ0n) is 12.9. The summed E-state index contributed by atoms with van der Waals surface area (Å²) in [6.07, 6.45) is 2.01. The van der Waals surface area contributed by atoms with E-state index in [1.165, 1.54) is 0 Å². The third kappa shape index (κ3) is 3.34. The lowest BCUT2D eigenvalue weighted by Crippen LogP contribution is -2.41. The van der Waals surface area contributed by atoms with Crippen LogP contribution in [0.25, 0.3) is 6.08 Å². The standard InChI is InChI=1S/C16H20BNO2S/c1-15(2)16(3,4)20-17(19-15)14(11-21)9-12-5-7-13(10-18)8-6-12/h5-9,21H,11H2,1-4H3. The van der Waals surface area contributed by atoms with Gasteiger partial charge in [0, 0.05) is 5.75 Å². The lowest BCUT2D eigenvalue weighted by Gasteiger charge is -2.32. The van der Waals surface area contributed by atoms with E-state index in [0.29, 0.717) is 11.3 Å². The van der Waals surface area contributed by atoms with Crippen LogP contribution in [0.2, 0.25) is 0 Å². The molecule has 0 unspecified atom stereocenters. The van der Waals surface area contributed by atoms with E-state index in [1.54, 1.807) is 12.1 Å². The molecule has 1 aromatic rings. The van der Waals surface area contributed by atoms with Gasteiger partial charge in [-0.15, -0.1) is 0 Å². The Labute approximate surface area is 132 Å². The topological polar surface area (TPSA) is 42.2 Å².